The van der Waals surface area contributed by atoms with Gasteiger partial charge in [0, 0.05) is 17.8 Å². The van der Waals surface area contributed by atoms with Crippen molar-refractivity contribution in [3.63, 3.8) is 0 Å². The summed E-state index contributed by atoms with van der Waals surface area (Å²) < 4.78 is 0. The molecule has 0 aliphatic rings. The first-order chi connectivity index (χ1) is 12.3. The SMILES string of the molecule is CCCCc1nc(NCCc2ccccc2)sc1Cc1ccccc1. The molecule has 0 amide bonds. The number of rotatable bonds is 9. The molecule has 0 aliphatic carbocycles. The lowest BCUT2D eigenvalue weighted by Crippen LogP contribution is -2.04. The molecule has 0 saturated carbocycles. The zero-order valence-electron chi connectivity index (χ0n) is 14.9. The summed E-state index contributed by atoms with van der Waals surface area (Å²) in [4.78, 5) is 6.29. The fraction of sp³-hybridized carbons (Fsp3) is 0.318. The summed E-state index contributed by atoms with van der Waals surface area (Å²) >= 11 is 1.82. The van der Waals surface area contributed by atoms with E-state index in [-0.39, 0.29) is 0 Å². The Labute approximate surface area is 155 Å². The normalized spacial score (nSPS) is 10.8. The minimum absolute atomic E-state index is 0.926. The Kier molecular flexibility index (Phi) is 6.63. The van der Waals surface area contributed by atoms with Crippen molar-refractivity contribution in [1.82, 2.24) is 4.98 Å². The maximum Gasteiger partial charge on any atom is 0.183 e. The van der Waals surface area contributed by atoms with Gasteiger partial charge in [-0.15, -0.1) is 11.3 Å². The van der Waals surface area contributed by atoms with Gasteiger partial charge in [0.15, 0.2) is 5.13 Å². The van der Waals surface area contributed by atoms with Gasteiger partial charge >= 0.3 is 0 Å². The number of thiazole rings is 1. The highest BCUT2D eigenvalue weighted by Crippen LogP contribution is 2.27. The zero-order valence-corrected chi connectivity index (χ0v) is 15.7. The second kappa shape index (κ2) is 9.38. The van der Waals surface area contributed by atoms with Gasteiger partial charge in [0.2, 0.25) is 0 Å². The molecule has 0 unspecified atom stereocenters. The van der Waals surface area contributed by atoms with Crippen LogP contribution in [0.2, 0.25) is 0 Å². The van der Waals surface area contributed by atoms with Crippen LogP contribution in [0.15, 0.2) is 60.7 Å². The summed E-state index contributed by atoms with van der Waals surface area (Å²) in [5.74, 6) is 0. The van der Waals surface area contributed by atoms with Crippen LogP contribution in [0.4, 0.5) is 5.13 Å². The van der Waals surface area contributed by atoms with Crippen LogP contribution < -0.4 is 5.32 Å². The molecule has 0 radical (unpaired) electrons. The topological polar surface area (TPSA) is 24.9 Å². The van der Waals surface area contributed by atoms with E-state index in [9.17, 15) is 0 Å². The van der Waals surface area contributed by atoms with Crippen LogP contribution in [0.1, 0.15) is 41.5 Å². The third-order valence-corrected chi connectivity index (χ3v) is 5.34. The van der Waals surface area contributed by atoms with E-state index in [2.05, 4.69) is 72.9 Å². The van der Waals surface area contributed by atoms with Gasteiger partial charge in [0.05, 0.1) is 5.69 Å². The number of nitrogens with one attached hydrogen (secondary N) is 1. The Morgan fingerprint density at radius 3 is 2.24 bits per heavy atom. The molecule has 0 spiro atoms. The summed E-state index contributed by atoms with van der Waals surface area (Å²) in [5.41, 5.74) is 4.00. The Balaban J connectivity index is 1.65. The number of unbranched alkanes of at least 4 members (excludes halogenated alkanes) is 1. The van der Waals surface area contributed by atoms with Crippen molar-refractivity contribution < 1.29 is 0 Å². The minimum Gasteiger partial charge on any atom is -0.361 e. The van der Waals surface area contributed by atoms with Crippen LogP contribution >= 0.6 is 11.3 Å². The van der Waals surface area contributed by atoms with E-state index in [0.29, 0.717) is 0 Å². The van der Waals surface area contributed by atoms with Crippen LogP contribution in [0.3, 0.4) is 0 Å². The van der Waals surface area contributed by atoms with E-state index >= 15 is 0 Å². The van der Waals surface area contributed by atoms with Gasteiger partial charge in [0.25, 0.3) is 0 Å². The molecule has 0 aliphatic heterocycles. The number of benzene rings is 2. The Morgan fingerprint density at radius 1 is 0.880 bits per heavy atom. The molecule has 1 heterocycles. The van der Waals surface area contributed by atoms with E-state index in [1.54, 1.807) is 0 Å². The van der Waals surface area contributed by atoms with Crippen LogP contribution in [0, 0.1) is 0 Å². The first-order valence-corrected chi connectivity index (χ1v) is 9.97. The number of aromatic nitrogens is 1. The monoisotopic (exact) mass is 350 g/mol. The van der Waals surface area contributed by atoms with Crippen LogP contribution in [0.5, 0.6) is 0 Å². The van der Waals surface area contributed by atoms with E-state index in [1.807, 2.05) is 11.3 Å². The van der Waals surface area contributed by atoms with Crippen LogP contribution in [-0.2, 0) is 19.3 Å². The van der Waals surface area contributed by atoms with Crippen molar-refractivity contribution in [2.24, 2.45) is 0 Å². The minimum atomic E-state index is 0.926. The summed E-state index contributed by atoms with van der Waals surface area (Å²) in [7, 11) is 0. The molecule has 2 aromatic carbocycles. The predicted octanol–water partition coefficient (Wildman–Crippen LogP) is 5.73. The van der Waals surface area contributed by atoms with Gasteiger partial charge in [-0.1, -0.05) is 74.0 Å². The number of hydrogen-bond donors (Lipinski definition) is 1. The van der Waals surface area contributed by atoms with E-state index in [0.717, 1.165) is 30.9 Å². The highest BCUT2D eigenvalue weighted by Gasteiger charge is 2.11. The quantitative estimate of drug-likeness (QED) is 0.533. The fourth-order valence-corrected chi connectivity index (χ4v) is 3.94. The number of aryl methyl sites for hydroxylation is 1. The third-order valence-electron chi connectivity index (χ3n) is 4.29. The maximum atomic E-state index is 4.88. The highest BCUT2D eigenvalue weighted by atomic mass is 32.1. The Morgan fingerprint density at radius 2 is 1.56 bits per heavy atom. The standard InChI is InChI=1S/C22H26N2S/c1-2-3-14-20-21(17-19-12-8-5-9-13-19)25-22(24-20)23-16-15-18-10-6-4-7-11-18/h4-13H,2-3,14-17H2,1H3,(H,23,24). The number of anilines is 1. The van der Waals surface area contributed by atoms with E-state index < -0.39 is 0 Å². The Bertz CT molecular complexity index is 750. The summed E-state index contributed by atoms with van der Waals surface area (Å²) in [5, 5.41) is 4.59. The summed E-state index contributed by atoms with van der Waals surface area (Å²) in [6.45, 7) is 3.16. The number of hydrogen-bond acceptors (Lipinski definition) is 3. The van der Waals surface area contributed by atoms with Crippen molar-refractivity contribution in [2.75, 3.05) is 11.9 Å². The molecule has 25 heavy (non-hydrogen) atoms. The van der Waals surface area contributed by atoms with Crippen molar-refractivity contribution >= 4 is 16.5 Å². The second-order valence-electron chi connectivity index (χ2n) is 6.32. The molecule has 0 bridgehead atoms. The van der Waals surface area contributed by atoms with Crippen molar-refractivity contribution in [3.05, 3.63) is 82.4 Å². The van der Waals surface area contributed by atoms with Crippen molar-refractivity contribution in [2.45, 2.75) is 39.0 Å². The van der Waals surface area contributed by atoms with Gasteiger partial charge in [-0.25, -0.2) is 4.98 Å². The van der Waals surface area contributed by atoms with Crippen molar-refractivity contribution in [1.29, 1.82) is 0 Å². The lowest BCUT2D eigenvalue weighted by atomic mass is 10.1. The highest BCUT2D eigenvalue weighted by molar-refractivity contribution is 7.15. The number of nitrogens with zero attached hydrogens (tertiary/aromatic N) is 1. The third kappa shape index (κ3) is 5.43. The van der Waals surface area contributed by atoms with Gasteiger partial charge in [0.1, 0.15) is 0 Å². The first-order valence-electron chi connectivity index (χ1n) is 9.15. The lowest BCUT2D eigenvalue weighted by molar-refractivity contribution is 0.775. The van der Waals surface area contributed by atoms with Crippen molar-refractivity contribution in [3.8, 4) is 0 Å². The average molecular weight is 351 g/mol. The van der Waals surface area contributed by atoms with Gasteiger partial charge in [-0.05, 0) is 30.4 Å². The van der Waals surface area contributed by atoms with Gasteiger partial charge in [-0.2, -0.15) is 0 Å². The molecule has 130 valence electrons. The molecular weight excluding hydrogens is 324 g/mol. The molecule has 0 fully saturated rings. The summed E-state index contributed by atoms with van der Waals surface area (Å²) in [6, 6.07) is 21.3. The molecular formula is C22H26N2S. The second-order valence-corrected chi connectivity index (χ2v) is 7.40. The lowest BCUT2D eigenvalue weighted by Gasteiger charge is -2.02. The zero-order chi connectivity index (χ0) is 17.3. The Hall–Kier alpha value is -2.13. The summed E-state index contributed by atoms with van der Waals surface area (Å²) in [6.07, 6.45) is 5.50. The van der Waals surface area contributed by atoms with E-state index in [4.69, 9.17) is 4.98 Å². The molecule has 0 atom stereocenters. The van der Waals surface area contributed by atoms with Crippen LogP contribution in [0.25, 0.3) is 0 Å². The molecule has 0 saturated heterocycles. The predicted molar refractivity (Wildman–Crippen MR) is 109 cm³/mol. The van der Waals surface area contributed by atoms with E-state index in [1.165, 1.54) is 34.5 Å². The molecule has 3 rings (SSSR count). The molecule has 3 aromatic rings. The van der Waals surface area contributed by atoms with Gasteiger partial charge < -0.3 is 5.32 Å². The first kappa shape index (κ1) is 17.7. The average Bonchev–Trinajstić information content (AvgIpc) is 3.03. The molecule has 3 heteroatoms. The maximum absolute atomic E-state index is 4.88. The van der Waals surface area contributed by atoms with Gasteiger partial charge in [-0.3, -0.25) is 0 Å². The van der Waals surface area contributed by atoms with Crippen LogP contribution in [-0.4, -0.2) is 11.5 Å². The molecule has 1 N–H and O–H groups in total. The smallest absolute Gasteiger partial charge is 0.183 e. The largest absolute Gasteiger partial charge is 0.361 e. The fourth-order valence-electron chi connectivity index (χ4n) is 2.88. The molecule has 1 aromatic heterocycles. The molecule has 2 nitrogen and oxygen atoms in total.